The van der Waals surface area contributed by atoms with Gasteiger partial charge >= 0.3 is 0 Å². The zero-order chi connectivity index (χ0) is 13.9. The smallest absolute Gasteiger partial charge is 0.185 e. The highest BCUT2D eigenvalue weighted by Gasteiger charge is 2.19. The van der Waals surface area contributed by atoms with Crippen molar-refractivity contribution in [3.8, 4) is 0 Å². The third kappa shape index (κ3) is 2.76. The zero-order valence-corrected chi connectivity index (χ0v) is 12.4. The van der Waals surface area contributed by atoms with Gasteiger partial charge in [-0.3, -0.25) is 0 Å². The zero-order valence-electron chi connectivity index (χ0n) is 11.6. The molecule has 106 valence electrons. The van der Waals surface area contributed by atoms with E-state index < -0.39 is 0 Å². The van der Waals surface area contributed by atoms with Gasteiger partial charge in [0.25, 0.3) is 0 Å². The molecule has 0 amide bonds. The minimum atomic E-state index is 0.565. The van der Waals surface area contributed by atoms with Crippen molar-refractivity contribution in [2.24, 2.45) is 5.73 Å². The molecule has 1 aliphatic rings. The van der Waals surface area contributed by atoms with Gasteiger partial charge in [-0.05, 0) is 24.6 Å². The minimum absolute atomic E-state index is 0.565. The second-order valence-electron chi connectivity index (χ2n) is 4.97. The van der Waals surface area contributed by atoms with Crippen LogP contribution < -0.4 is 15.5 Å². The van der Waals surface area contributed by atoms with Crippen LogP contribution in [-0.4, -0.2) is 36.1 Å². The van der Waals surface area contributed by atoms with E-state index in [0.717, 1.165) is 48.4 Å². The average molecular weight is 289 g/mol. The Kier molecular flexibility index (Phi) is 3.84. The Labute approximate surface area is 123 Å². The van der Waals surface area contributed by atoms with Crippen LogP contribution in [0.3, 0.4) is 0 Å². The van der Waals surface area contributed by atoms with Crippen molar-refractivity contribution >= 4 is 22.3 Å². The fourth-order valence-electron chi connectivity index (χ4n) is 2.50. The summed E-state index contributed by atoms with van der Waals surface area (Å²) in [6.45, 7) is 6.51. The summed E-state index contributed by atoms with van der Waals surface area (Å²) in [7, 11) is 0. The molecule has 0 radical (unpaired) electrons. The quantitative estimate of drug-likeness (QED) is 0.930. The molecule has 5 nitrogen and oxygen atoms in total. The molecule has 2 aromatic rings. The Balaban J connectivity index is 1.70. The summed E-state index contributed by atoms with van der Waals surface area (Å²) < 4.78 is 0. The third-order valence-corrected chi connectivity index (χ3v) is 4.36. The molecular formula is C14H19N5S. The number of thiazole rings is 1. The van der Waals surface area contributed by atoms with Crippen molar-refractivity contribution < 1.29 is 0 Å². The van der Waals surface area contributed by atoms with E-state index in [2.05, 4.69) is 31.9 Å². The van der Waals surface area contributed by atoms with Crippen LogP contribution >= 0.6 is 11.3 Å². The second-order valence-corrected chi connectivity index (χ2v) is 5.84. The van der Waals surface area contributed by atoms with Crippen molar-refractivity contribution in [3.05, 3.63) is 35.0 Å². The minimum Gasteiger partial charge on any atom is -0.353 e. The van der Waals surface area contributed by atoms with Gasteiger partial charge < -0.3 is 15.5 Å². The van der Waals surface area contributed by atoms with Crippen LogP contribution in [0.15, 0.2) is 23.7 Å². The van der Waals surface area contributed by atoms with Crippen LogP contribution in [0.4, 0.5) is 10.9 Å². The van der Waals surface area contributed by atoms with E-state index in [1.807, 2.05) is 18.5 Å². The number of piperazine rings is 1. The monoisotopic (exact) mass is 289 g/mol. The lowest BCUT2D eigenvalue weighted by Crippen LogP contribution is -2.46. The summed E-state index contributed by atoms with van der Waals surface area (Å²) in [5.74, 6) is 1.05. The Morgan fingerprint density at radius 2 is 1.95 bits per heavy atom. The normalized spacial score (nSPS) is 15.7. The molecule has 1 aliphatic heterocycles. The van der Waals surface area contributed by atoms with Crippen molar-refractivity contribution in [3.63, 3.8) is 0 Å². The van der Waals surface area contributed by atoms with Gasteiger partial charge in [-0.15, -0.1) is 11.3 Å². The predicted octanol–water partition coefficient (Wildman–Crippen LogP) is 1.63. The number of hydrogen-bond acceptors (Lipinski definition) is 6. The number of hydrogen-bond donors (Lipinski definition) is 1. The van der Waals surface area contributed by atoms with E-state index >= 15 is 0 Å². The van der Waals surface area contributed by atoms with Gasteiger partial charge in [0.2, 0.25) is 0 Å². The van der Waals surface area contributed by atoms with E-state index in [9.17, 15) is 0 Å². The van der Waals surface area contributed by atoms with Crippen LogP contribution in [0.1, 0.15) is 11.3 Å². The maximum Gasteiger partial charge on any atom is 0.185 e. The number of anilines is 2. The molecule has 0 saturated carbocycles. The van der Waals surface area contributed by atoms with Crippen molar-refractivity contribution in [2.75, 3.05) is 36.0 Å². The van der Waals surface area contributed by atoms with E-state index in [4.69, 9.17) is 5.73 Å². The largest absolute Gasteiger partial charge is 0.353 e. The van der Waals surface area contributed by atoms with Gasteiger partial charge in [0.1, 0.15) is 5.82 Å². The number of rotatable bonds is 3. The summed E-state index contributed by atoms with van der Waals surface area (Å²) in [6.07, 6.45) is 1.86. The molecule has 20 heavy (non-hydrogen) atoms. The van der Waals surface area contributed by atoms with E-state index in [1.54, 1.807) is 11.3 Å². The number of nitrogens with two attached hydrogens (primary N) is 1. The first kappa shape index (κ1) is 13.3. The van der Waals surface area contributed by atoms with Gasteiger partial charge in [-0.25, -0.2) is 9.97 Å². The molecule has 0 aliphatic carbocycles. The predicted molar refractivity (Wildman–Crippen MR) is 83.4 cm³/mol. The summed E-state index contributed by atoms with van der Waals surface area (Å²) in [5, 5.41) is 3.14. The van der Waals surface area contributed by atoms with Crippen LogP contribution in [0.5, 0.6) is 0 Å². The Morgan fingerprint density at radius 3 is 2.60 bits per heavy atom. The highest BCUT2D eigenvalue weighted by atomic mass is 32.1. The molecule has 0 bridgehead atoms. The standard InChI is InChI=1S/C14H19N5S/c1-11-8-12(10-15)9-13(17-11)18-3-5-19(6-4-18)14-16-2-7-20-14/h2,7-9H,3-6,10,15H2,1H3. The fourth-order valence-corrected chi connectivity index (χ4v) is 3.20. The fraction of sp³-hybridized carbons (Fsp3) is 0.429. The summed E-state index contributed by atoms with van der Waals surface area (Å²) in [4.78, 5) is 13.7. The maximum absolute atomic E-state index is 5.74. The Bertz CT molecular complexity index is 561. The number of aryl methyl sites for hydroxylation is 1. The lowest BCUT2D eigenvalue weighted by atomic mass is 10.2. The van der Waals surface area contributed by atoms with Crippen LogP contribution in [0.25, 0.3) is 0 Å². The average Bonchev–Trinajstić information content (AvgIpc) is 3.01. The highest BCUT2D eigenvalue weighted by molar-refractivity contribution is 7.13. The molecule has 0 spiro atoms. The first-order valence-electron chi connectivity index (χ1n) is 6.83. The van der Waals surface area contributed by atoms with Gasteiger partial charge in [0.05, 0.1) is 0 Å². The molecule has 3 rings (SSSR count). The lowest BCUT2D eigenvalue weighted by Gasteiger charge is -2.35. The molecule has 0 aromatic carbocycles. The van der Waals surface area contributed by atoms with E-state index in [-0.39, 0.29) is 0 Å². The summed E-state index contributed by atoms with van der Waals surface area (Å²) >= 11 is 1.70. The molecule has 1 fully saturated rings. The first-order valence-corrected chi connectivity index (χ1v) is 7.71. The number of nitrogens with zero attached hydrogens (tertiary/aromatic N) is 4. The molecular weight excluding hydrogens is 270 g/mol. The maximum atomic E-state index is 5.74. The molecule has 0 unspecified atom stereocenters. The summed E-state index contributed by atoms with van der Waals surface area (Å²) in [6, 6.07) is 4.15. The summed E-state index contributed by atoms with van der Waals surface area (Å²) in [5.41, 5.74) is 7.92. The van der Waals surface area contributed by atoms with Gasteiger partial charge in [0, 0.05) is 50.0 Å². The van der Waals surface area contributed by atoms with Crippen molar-refractivity contribution in [1.82, 2.24) is 9.97 Å². The Morgan fingerprint density at radius 1 is 1.20 bits per heavy atom. The molecule has 6 heteroatoms. The molecule has 1 saturated heterocycles. The number of aromatic nitrogens is 2. The van der Waals surface area contributed by atoms with Crippen LogP contribution in [0, 0.1) is 6.92 Å². The SMILES string of the molecule is Cc1cc(CN)cc(N2CCN(c3nccs3)CC2)n1. The van der Waals surface area contributed by atoms with Gasteiger partial charge in [-0.1, -0.05) is 0 Å². The van der Waals surface area contributed by atoms with Gasteiger partial charge in [0.15, 0.2) is 5.13 Å². The van der Waals surface area contributed by atoms with Crippen molar-refractivity contribution in [1.29, 1.82) is 0 Å². The topological polar surface area (TPSA) is 58.3 Å². The number of pyridine rings is 1. The molecule has 2 N–H and O–H groups in total. The molecule has 0 atom stereocenters. The van der Waals surface area contributed by atoms with E-state index in [0.29, 0.717) is 6.54 Å². The molecule has 3 heterocycles. The van der Waals surface area contributed by atoms with Crippen LogP contribution in [0.2, 0.25) is 0 Å². The first-order chi connectivity index (χ1) is 9.76. The van der Waals surface area contributed by atoms with Crippen molar-refractivity contribution in [2.45, 2.75) is 13.5 Å². The van der Waals surface area contributed by atoms with E-state index in [1.165, 1.54) is 0 Å². The third-order valence-electron chi connectivity index (χ3n) is 3.53. The lowest BCUT2D eigenvalue weighted by molar-refractivity contribution is 0.645. The van der Waals surface area contributed by atoms with Crippen LogP contribution in [-0.2, 0) is 6.54 Å². The molecule has 2 aromatic heterocycles. The second kappa shape index (κ2) is 5.76. The highest BCUT2D eigenvalue weighted by Crippen LogP contribution is 2.22. The van der Waals surface area contributed by atoms with Gasteiger partial charge in [-0.2, -0.15) is 0 Å². The Hall–Kier alpha value is -1.66.